The van der Waals surface area contributed by atoms with E-state index in [0.29, 0.717) is 16.9 Å². The molecule has 0 spiro atoms. The Balaban J connectivity index is 0.000000970. The van der Waals surface area contributed by atoms with Gasteiger partial charge < -0.3 is 5.21 Å². The number of hydrogen-bond acceptors (Lipinski definition) is 4. The summed E-state index contributed by atoms with van der Waals surface area (Å²) in [4.78, 5) is 22.2. The van der Waals surface area contributed by atoms with E-state index in [4.69, 9.17) is 16.8 Å². The number of carbonyl (C=O) groups is 2. The summed E-state index contributed by atoms with van der Waals surface area (Å²) >= 11 is 6.11. The van der Waals surface area contributed by atoms with Gasteiger partial charge in [0.2, 0.25) is 0 Å². The number of allylic oxidation sites excluding steroid dienone is 2. The number of carbonyl (C=O) groups excluding carboxylic acids is 2. The summed E-state index contributed by atoms with van der Waals surface area (Å²) in [6, 6.07) is 11.0. The molecule has 0 saturated carbocycles. The van der Waals surface area contributed by atoms with Gasteiger partial charge in [-0.2, -0.15) is 0 Å². The molecule has 0 atom stereocenters. The lowest BCUT2D eigenvalue weighted by atomic mass is 10.1. The molecule has 6 heteroatoms. The number of nitrogens with one attached hydrogen (secondary N) is 1. The fourth-order valence-corrected chi connectivity index (χ4v) is 2.10. The Labute approximate surface area is 150 Å². The molecule has 0 saturated heterocycles. The zero-order chi connectivity index (χ0) is 18.7. The van der Waals surface area contributed by atoms with Crippen molar-refractivity contribution in [1.82, 2.24) is 5.48 Å². The van der Waals surface area contributed by atoms with E-state index in [1.54, 1.807) is 35.8 Å². The van der Waals surface area contributed by atoms with Crippen LogP contribution < -0.4 is 5.48 Å². The number of benzene rings is 2. The maximum Gasteiger partial charge on any atom is 0.188 e. The molecule has 0 aromatic heterocycles. The van der Waals surface area contributed by atoms with Crippen LogP contribution in [0.4, 0.5) is 4.39 Å². The van der Waals surface area contributed by atoms with Gasteiger partial charge >= 0.3 is 0 Å². The lowest BCUT2D eigenvalue weighted by Gasteiger charge is -2.01. The molecule has 2 rings (SSSR count). The highest BCUT2D eigenvalue weighted by Gasteiger charge is 2.07. The number of rotatable bonds is 5. The second-order valence-corrected chi connectivity index (χ2v) is 5.08. The van der Waals surface area contributed by atoms with Crippen LogP contribution in [0, 0.1) is 5.82 Å². The maximum atomic E-state index is 13.5. The second-order valence-electron chi connectivity index (χ2n) is 4.68. The zero-order valence-electron chi connectivity index (χ0n) is 13.4. The highest BCUT2D eigenvalue weighted by molar-refractivity contribution is 6.32. The fraction of sp³-hybridized carbons (Fsp3) is 0.0526. The first-order valence-corrected chi connectivity index (χ1v) is 7.60. The third-order valence-electron chi connectivity index (χ3n) is 2.95. The van der Waals surface area contributed by atoms with Crippen molar-refractivity contribution >= 4 is 35.8 Å². The monoisotopic (exact) mass is 361 g/mol. The molecule has 2 N–H and O–H groups in total. The molecule has 130 valence electrons. The maximum absolute atomic E-state index is 13.5. The van der Waals surface area contributed by atoms with Gasteiger partial charge in [-0.05, 0) is 47.6 Å². The summed E-state index contributed by atoms with van der Waals surface area (Å²) in [7, 11) is 1.43. The van der Waals surface area contributed by atoms with Gasteiger partial charge in [-0.3, -0.25) is 9.59 Å². The van der Waals surface area contributed by atoms with Crippen molar-refractivity contribution in [3.8, 4) is 0 Å². The standard InChI is InChI=1S/C18H12ClFO2.CH5NO/c19-16-12-13(4-3-11-21)7-8-14(16)9-10-18(22)15-5-1-2-6-17(15)20;1-2-3/h1-12H;2-3H,1H3/b4-3+,10-9+;. The van der Waals surface area contributed by atoms with Crippen LogP contribution in [0.2, 0.25) is 5.02 Å². The average molecular weight is 362 g/mol. The van der Waals surface area contributed by atoms with E-state index in [-0.39, 0.29) is 5.56 Å². The number of halogens is 2. The van der Waals surface area contributed by atoms with Crippen LogP contribution in [0.5, 0.6) is 0 Å². The Morgan fingerprint density at radius 2 is 1.88 bits per heavy atom. The normalized spacial score (nSPS) is 10.6. The molecule has 0 heterocycles. The van der Waals surface area contributed by atoms with E-state index in [1.807, 2.05) is 0 Å². The van der Waals surface area contributed by atoms with Gasteiger partial charge in [0.1, 0.15) is 12.1 Å². The first kappa shape index (κ1) is 20.4. The summed E-state index contributed by atoms with van der Waals surface area (Å²) in [5.74, 6) is -0.989. The molecule has 0 aliphatic carbocycles. The van der Waals surface area contributed by atoms with Gasteiger partial charge in [-0.1, -0.05) is 41.9 Å². The molecule has 4 nitrogen and oxygen atoms in total. The molecule has 0 aliphatic rings. The van der Waals surface area contributed by atoms with Crippen LogP contribution >= 0.6 is 11.6 Å². The van der Waals surface area contributed by atoms with Crippen LogP contribution in [0.1, 0.15) is 21.5 Å². The minimum atomic E-state index is -0.558. The Morgan fingerprint density at radius 3 is 2.48 bits per heavy atom. The zero-order valence-corrected chi connectivity index (χ0v) is 14.2. The third-order valence-corrected chi connectivity index (χ3v) is 3.27. The van der Waals surface area contributed by atoms with Gasteiger partial charge in [-0.15, -0.1) is 0 Å². The van der Waals surface area contributed by atoms with Gasteiger partial charge in [0.25, 0.3) is 0 Å². The third kappa shape index (κ3) is 6.81. The van der Waals surface area contributed by atoms with Gasteiger partial charge in [0.15, 0.2) is 5.78 Å². The fourth-order valence-electron chi connectivity index (χ4n) is 1.85. The molecule has 0 unspecified atom stereocenters. The van der Waals surface area contributed by atoms with Crippen LogP contribution in [-0.4, -0.2) is 24.3 Å². The minimum Gasteiger partial charge on any atom is -0.317 e. The minimum absolute atomic E-state index is 0.0143. The molecule has 0 amide bonds. The van der Waals surface area contributed by atoms with E-state index < -0.39 is 11.6 Å². The molecule has 2 aromatic carbocycles. The number of aldehydes is 1. The van der Waals surface area contributed by atoms with Crippen LogP contribution in [0.15, 0.2) is 54.6 Å². The summed E-state index contributed by atoms with van der Waals surface area (Å²) in [5.41, 5.74) is 3.17. The van der Waals surface area contributed by atoms with Crippen LogP contribution in [-0.2, 0) is 4.79 Å². The lowest BCUT2D eigenvalue weighted by Crippen LogP contribution is -1.97. The Kier molecular flexibility index (Phi) is 9.03. The highest BCUT2D eigenvalue weighted by atomic mass is 35.5. The largest absolute Gasteiger partial charge is 0.317 e. The van der Waals surface area contributed by atoms with Gasteiger partial charge in [-0.25, -0.2) is 9.87 Å². The molecule has 0 fully saturated rings. The first-order chi connectivity index (χ1) is 12.0. The quantitative estimate of drug-likeness (QED) is 0.363. The first-order valence-electron chi connectivity index (χ1n) is 7.22. The molecule has 0 bridgehead atoms. The van der Waals surface area contributed by atoms with E-state index >= 15 is 0 Å². The molecular formula is C19H17ClFNO3. The summed E-state index contributed by atoms with van der Waals surface area (Å²) in [6.45, 7) is 0. The molecular weight excluding hydrogens is 345 g/mol. The molecule has 0 aliphatic heterocycles. The number of ketones is 1. The van der Waals surface area contributed by atoms with Crippen molar-refractivity contribution < 1.29 is 19.2 Å². The Hall–Kier alpha value is -2.60. The average Bonchev–Trinajstić information content (AvgIpc) is 2.60. The van der Waals surface area contributed by atoms with Crippen molar-refractivity contribution in [1.29, 1.82) is 0 Å². The summed E-state index contributed by atoms with van der Waals surface area (Å²) in [5, 5.41) is 7.76. The number of hydrogen-bond donors (Lipinski definition) is 2. The van der Waals surface area contributed by atoms with Gasteiger partial charge in [0, 0.05) is 12.1 Å². The Morgan fingerprint density at radius 1 is 1.20 bits per heavy atom. The van der Waals surface area contributed by atoms with E-state index in [0.717, 1.165) is 5.56 Å². The second kappa shape index (κ2) is 11.0. The van der Waals surface area contributed by atoms with Crippen molar-refractivity contribution in [3.05, 3.63) is 82.1 Å². The summed E-state index contributed by atoms with van der Waals surface area (Å²) < 4.78 is 13.5. The predicted molar refractivity (Wildman–Crippen MR) is 97.2 cm³/mol. The Bertz CT molecular complexity index is 788. The van der Waals surface area contributed by atoms with E-state index in [2.05, 4.69) is 0 Å². The van der Waals surface area contributed by atoms with E-state index in [1.165, 1.54) is 43.5 Å². The SMILES string of the molecule is CNO.O=C/C=C/c1ccc(/C=C/C(=O)c2ccccc2F)c(Cl)c1. The number of hydroxylamine groups is 1. The molecule has 2 aromatic rings. The van der Waals surface area contributed by atoms with Crippen molar-refractivity contribution in [2.24, 2.45) is 0 Å². The predicted octanol–water partition coefficient (Wildman–Crippen LogP) is 4.18. The lowest BCUT2D eigenvalue weighted by molar-refractivity contribution is -0.104. The topological polar surface area (TPSA) is 66.4 Å². The highest BCUT2D eigenvalue weighted by Crippen LogP contribution is 2.20. The van der Waals surface area contributed by atoms with Crippen LogP contribution in [0.25, 0.3) is 12.2 Å². The smallest absolute Gasteiger partial charge is 0.188 e. The van der Waals surface area contributed by atoms with Crippen molar-refractivity contribution in [2.75, 3.05) is 7.05 Å². The molecule has 0 radical (unpaired) electrons. The summed E-state index contributed by atoms with van der Waals surface area (Å²) in [6.07, 6.45) is 6.47. The van der Waals surface area contributed by atoms with Crippen molar-refractivity contribution in [2.45, 2.75) is 0 Å². The van der Waals surface area contributed by atoms with Gasteiger partial charge in [0.05, 0.1) is 5.56 Å². The van der Waals surface area contributed by atoms with Crippen LogP contribution in [0.3, 0.4) is 0 Å². The van der Waals surface area contributed by atoms with E-state index in [9.17, 15) is 14.0 Å². The molecule has 25 heavy (non-hydrogen) atoms. The van der Waals surface area contributed by atoms with Crippen molar-refractivity contribution in [3.63, 3.8) is 0 Å².